The number of ether oxygens (including phenoxy) is 1. The predicted molar refractivity (Wildman–Crippen MR) is 89.8 cm³/mol. The summed E-state index contributed by atoms with van der Waals surface area (Å²) in [5.74, 6) is 0.0604. The van der Waals surface area contributed by atoms with E-state index in [1.807, 2.05) is 32.7 Å². The molecule has 0 saturated carbocycles. The first-order chi connectivity index (χ1) is 11.2. The molecule has 2 aliphatic rings. The second-order valence-electron chi connectivity index (χ2n) is 8.03. The normalized spacial score (nSPS) is 27.0. The molecule has 24 heavy (non-hydrogen) atoms. The van der Waals surface area contributed by atoms with Gasteiger partial charge in [-0.15, -0.1) is 0 Å². The highest BCUT2D eigenvalue weighted by Crippen LogP contribution is 2.39. The number of Topliss-reactive ketones (excluding diaryl/α,β-unsaturated/α-hetero) is 1. The summed E-state index contributed by atoms with van der Waals surface area (Å²) in [5.41, 5.74) is 0.0396. The molecule has 2 saturated heterocycles. The lowest BCUT2D eigenvalue weighted by Crippen LogP contribution is -2.56. The maximum absolute atomic E-state index is 12.7. The number of nitrogens with zero attached hydrogens (tertiary/aromatic N) is 3. The van der Waals surface area contributed by atoms with Crippen molar-refractivity contribution in [2.24, 2.45) is 13.0 Å². The van der Waals surface area contributed by atoms with Gasteiger partial charge >= 0.3 is 6.09 Å². The van der Waals surface area contributed by atoms with Crippen molar-refractivity contribution in [3.05, 3.63) is 18.0 Å². The monoisotopic (exact) mass is 333 g/mol. The Morgan fingerprint density at radius 1 is 1.21 bits per heavy atom. The molecule has 0 aromatic carbocycles. The van der Waals surface area contributed by atoms with Crippen molar-refractivity contribution in [2.75, 3.05) is 0 Å². The molecule has 1 amide bonds. The molecule has 6 heteroatoms. The van der Waals surface area contributed by atoms with E-state index in [4.69, 9.17) is 4.74 Å². The topological polar surface area (TPSA) is 64.4 Å². The van der Waals surface area contributed by atoms with E-state index in [1.54, 1.807) is 16.9 Å². The zero-order valence-corrected chi connectivity index (χ0v) is 15.0. The van der Waals surface area contributed by atoms with E-state index < -0.39 is 5.60 Å². The molecule has 2 aliphatic heterocycles. The number of fused-ring (bicyclic) bond motifs is 2. The molecule has 132 valence electrons. The fraction of sp³-hybridized carbons (Fsp3) is 0.722. The number of ketones is 1. The van der Waals surface area contributed by atoms with Crippen molar-refractivity contribution in [2.45, 2.75) is 70.6 Å². The third-order valence-electron chi connectivity index (χ3n) is 4.92. The van der Waals surface area contributed by atoms with Gasteiger partial charge in [0.15, 0.2) is 5.78 Å². The zero-order chi connectivity index (χ0) is 17.5. The maximum Gasteiger partial charge on any atom is 0.410 e. The van der Waals surface area contributed by atoms with Crippen LogP contribution in [0.4, 0.5) is 4.79 Å². The van der Waals surface area contributed by atoms with Gasteiger partial charge in [0, 0.05) is 31.2 Å². The molecule has 0 N–H and O–H groups in total. The highest BCUT2D eigenvalue weighted by Gasteiger charge is 2.44. The summed E-state index contributed by atoms with van der Waals surface area (Å²) in [4.78, 5) is 27.2. The Hall–Kier alpha value is -1.85. The summed E-state index contributed by atoms with van der Waals surface area (Å²) in [7, 11) is 1.82. The summed E-state index contributed by atoms with van der Waals surface area (Å²) in [6, 6.07) is 1.98. The molecule has 1 aromatic heterocycles. The van der Waals surface area contributed by atoms with Crippen molar-refractivity contribution < 1.29 is 14.3 Å². The molecule has 0 radical (unpaired) electrons. The van der Waals surface area contributed by atoms with Crippen LogP contribution < -0.4 is 0 Å². The number of hydrogen-bond acceptors (Lipinski definition) is 4. The molecule has 2 unspecified atom stereocenters. The van der Waals surface area contributed by atoms with Crippen molar-refractivity contribution in [3.8, 4) is 0 Å². The SMILES string of the molecule is Cn1ccc(C(=O)C2CC3CCCC(C2)N3C(=O)OC(C)(C)C)n1. The van der Waals surface area contributed by atoms with Gasteiger partial charge in [-0.3, -0.25) is 9.48 Å². The Labute approximate surface area is 143 Å². The first-order valence-corrected chi connectivity index (χ1v) is 8.80. The Morgan fingerprint density at radius 3 is 2.33 bits per heavy atom. The standard InChI is InChI=1S/C18H27N3O3/c1-18(2,3)24-17(23)21-13-6-5-7-14(21)11-12(10-13)16(22)15-8-9-20(4)19-15/h8-9,12-14H,5-7,10-11H2,1-4H3. The number of carbonyl (C=O) groups excluding carboxylic acids is 2. The quantitative estimate of drug-likeness (QED) is 0.780. The Balaban J connectivity index is 1.73. The van der Waals surface area contributed by atoms with Crippen LogP contribution >= 0.6 is 0 Å². The number of amides is 1. The van der Waals surface area contributed by atoms with Crippen molar-refractivity contribution >= 4 is 11.9 Å². The van der Waals surface area contributed by atoms with E-state index in [0.29, 0.717) is 18.5 Å². The van der Waals surface area contributed by atoms with E-state index in [9.17, 15) is 9.59 Å². The minimum Gasteiger partial charge on any atom is -0.444 e. The van der Waals surface area contributed by atoms with Crippen molar-refractivity contribution in [3.63, 3.8) is 0 Å². The highest BCUT2D eigenvalue weighted by atomic mass is 16.6. The van der Waals surface area contributed by atoms with Crippen LogP contribution in [-0.4, -0.2) is 44.2 Å². The molecule has 3 rings (SSSR count). The van der Waals surface area contributed by atoms with Crippen LogP contribution in [0.1, 0.15) is 63.4 Å². The molecule has 3 heterocycles. The first kappa shape index (κ1) is 17.0. The zero-order valence-electron chi connectivity index (χ0n) is 15.0. The molecule has 1 aromatic rings. The van der Waals surface area contributed by atoms with Gasteiger partial charge in [0.1, 0.15) is 11.3 Å². The maximum atomic E-state index is 12.7. The van der Waals surface area contributed by atoms with Crippen molar-refractivity contribution in [1.29, 1.82) is 0 Å². The molecule has 2 bridgehead atoms. The average molecular weight is 333 g/mol. The molecular weight excluding hydrogens is 306 g/mol. The fourth-order valence-corrected chi connectivity index (χ4v) is 3.96. The molecule has 2 atom stereocenters. The minimum atomic E-state index is -0.494. The molecule has 2 fully saturated rings. The molecule has 6 nitrogen and oxygen atoms in total. The molecule has 0 spiro atoms. The second kappa shape index (κ2) is 6.22. The van der Waals surface area contributed by atoms with Gasteiger partial charge < -0.3 is 9.64 Å². The van der Waals surface area contributed by atoms with Gasteiger partial charge in [0.25, 0.3) is 0 Å². The third-order valence-corrected chi connectivity index (χ3v) is 4.92. The summed E-state index contributed by atoms with van der Waals surface area (Å²) < 4.78 is 7.24. The number of piperidine rings is 2. The Bertz CT molecular complexity index is 618. The fourth-order valence-electron chi connectivity index (χ4n) is 3.96. The van der Waals surface area contributed by atoms with Gasteiger partial charge in [-0.05, 0) is 58.9 Å². The van der Waals surface area contributed by atoms with Gasteiger partial charge in [-0.2, -0.15) is 5.10 Å². The van der Waals surface area contributed by atoms with Crippen LogP contribution in [0, 0.1) is 5.92 Å². The number of aromatic nitrogens is 2. The van der Waals surface area contributed by atoms with Crippen LogP contribution in [0.2, 0.25) is 0 Å². The highest BCUT2D eigenvalue weighted by molar-refractivity contribution is 5.96. The lowest BCUT2D eigenvalue weighted by atomic mass is 9.76. The summed E-state index contributed by atoms with van der Waals surface area (Å²) in [6.45, 7) is 5.66. The number of rotatable bonds is 2. The summed E-state index contributed by atoms with van der Waals surface area (Å²) >= 11 is 0. The summed E-state index contributed by atoms with van der Waals surface area (Å²) in [5, 5.41) is 4.24. The molecule has 0 aliphatic carbocycles. The van der Waals surface area contributed by atoms with E-state index >= 15 is 0 Å². The Kier molecular flexibility index (Phi) is 4.40. The van der Waals surface area contributed by atoms with E-state index in [-0.39, 0.29) is 29.9 Å². The van der Waals surface area contributed by atoms with Gasteiger partial charge in [0.05, 0.1) is 0 Å². The second-order valence-corrected chi connectivity index (χ2v) is 8.03. The van der Waals surface area contributed by atoms with E-state index in [1.165, 1.54) is 0 Å². The van der Waals surface area contributed by atoms with Crippen LogP contribution in [0.5, 0.6) is 0 Å². The number of hydrogen-bond donors (Lipinski definition) is 0. The number of carbonyl (C=O) groups is 2. The van der Waals surface area contributed by atoms with Crippen LogP contribution in [0.15, 0.2) is 12.3 Å². The smallest absolute Gasteiger partial charge is 0.410 e. The third kappa shape index (κ3) is 3.47. The largest absolute Gasteiger partial charge is 0.444 e. The molecular formula is C18H27N3O3. The van der Waals surface area contributed by atoms with E-state index in [2.05, 4.69) is 5.10 Å². The van der Waals surface area contributed by atoms with Gasteiger partial charge in [0.2, 0.25) is 0 Å². The average Bonchev–Trinajstić information content (AvgIpc) is 2.89. The van der Waals surface area contributed by atoms with E-state index in [0.717, 1.165) is 19.3 Å². The summed E-state index contributed by atoms with van der Waals surface area (Å²) in [6.07, 6.45) is 5.99. The minimum absolute atomic E-state index is 0.0473. The lowest BCUT2D eigenvalue weighted by Gasteiger charge is -2.48. The van der Waals surface area contributed by atoms with Gasteiger partial charge in [-0.1, -0.05) is 0 Å². The number of aryl methyl sites for hydroxylation is 1. The first-order valence-electron chi connectivity index (χ1n) is 8.80. The van der Waals surface area contributed by atoms with Crippen molar-refractivity contribution in [1.82, 2.24) is 14.7 Å². The van der Waals surface area contributed by atoms with Crippen LogP contribution in [-0.2, 0) is 11.8 Å². The van der Waals surface area contributed by atoms with Gasteiger partial charge in [-0.25, -0.2) is 4.79 Å². The van der Waals surface area contributed by atoms with Crippen LogP contribution in [0.3, 0.4) is 0 Å². The Morgan fingerprint density at radius 2 is 1.83 bits per heavy atom. The van der Waals surface area contributed by atoms with Crippen LogP contribution in [0.25, 0.3) is 0 Å². The predicted octanol–water partition coefficient (Wildman–Crippen LogP) is 3.17. The lowest BCUT2D eigenvalue weighted by molar-refractivity contribution is -0.0261.